The SMILES string of the molecule is CCOc1ccccc1C(=O)N1CCN(Cc2ccccc2Cl)CC1. The van der Waals surface area contributed by atoms with Crippen molar-refractivity contribution in [2.45, 2.75) is 13.5 Å². The first-order valence-electron chi connectivity index (χ1n) is 8.66. The molecule has 25 heavy (non-hydrogen) atoms. The molecule has 1 amide bonds. The highest BCUT2D eigenvalue weighted by Crippen LogP contribution is 2.22. The van der Waals surface area contributed by atoms with E-state index in [1.165, 1.54) is 0 Å². The third-order valence-electron chi connectivity index (χ3n) is 4.43. The molecule has 1 aliphatic heterocycles. The van der Waals surface area contributed by atoms with Gasteiger partial charge in [-0.05, 0) is 30.7 Å². The number of rotatable bonds is 5. The first-order chi connectivity index (χ1) is 12.2. The maximum absolute atomic E-state index is 12.8. The van der Waals surface area contributed by atoms with E-state index in [0.29, 0.717) is 31.0 Å². The zero-order valence-corrected chi connectivity index (χ0v) is 15.2. The van der Waals surface area contributed by atoms with E-state index in [-0.39, 0.29) is 5.91 Å². The largest absolute Gasteiger partial charge is 0.493 e. The monoisotopic (exact) mass is 358 g/mol. The van der Waals surface area contributed by atoms with Crippen molar-refractivity contribution < 1.29 is 9.53 Å². The summed E-state index contributed by atoms with van der Waals surface area (Å²) in [5, 5.41) is 0.798. The average molecular weight is 359 g/mol. The minimum absolute atomic E-state index is 0.0430. The van der Waals surface area contributed by atoms with E-state index >= 15 is 0 Å². The van der Waals surface area contributed by atoms with Gasteiger partial charge in [-0.15, -0.1) is 0 Å². The van der Waals surface area contributed by atoms with Crippen molar-refractivity contribution in [2.24, 2.45) is 0 Å². The molecule has 0 unspecified atom stereocenters. The Hall–Kier alpha value is -2.04. The number of para-hydroxylation sites is 1. The summed E-state index contributed by atoms with van der Waals surface area (Å²) in [6.45, 7) is 6.40. The Morgan fingerprint density at radius 3 is 2.44 bits per heavy atom. The molecule has 0 spiro atoms. The van der Waals surface area contributed by atoms with Crippen LogP contribution in [0, 0.1) is 0 Å². The third-order valence-corrected chi connectivity index (χ3v) is 4.80. The standard InChI is InChI=1S/C20H23ClN2O2/c1-2-25-19-10-6-4-8-17(19)20(24)23-13-11-22(12-14-23)15-16-7-3-5-9-18(16)21/h3-10H,2,11-15H2,1H3. The van der Waals surface area contributed by atoms with Gasteiger partial charge in [0.1, 0.15) is 5.75 Å². The van der Waals surface area contributed by atoms with E-state index in [9.17, 15) is 4.79 Å². The number of hydrogen-bond acceptors (Lipinski definition) is 3. The van der Waals surface area contributed by atoms with Crippen molar-refractivity contribution in [3.05, 3.63) is 64.7 Å². The van der Waals surface area contributed by atoms with Crippen LogP contribution in [0.3, 0.4) is 0 Å². The molecule has 0 aromatic heterocycles. The fourth-order valence-electron chi connectivity index (χ4n) is 3.07. The minimum Gasteiger partial charge on any atom is -0.493 e. The molecule has 132 valence electrons. The van der Waals surface area contributed by atoms with E-state index in [0.717, 1.165) is 30.2 Å². The summed E-state index contributed by atoms with van der Waals surface area (Å²) in [4.78, 5) is 17.1. The van der Waals surface area contributed by atoms with Gasteiger partial charge in [-0.3, -0.25) is 9.69 Å². The van der Waals surface area contributed by atoms with Gasteiger partial charge >= 0.3 is 0 Å². The Balaban J connectivity index is 1.61. The summed E-state index contributed by atoms with van der Waals surface area (Å²) in [6.07, 6.45) is 0. The fraction of sp³-hybridized carbons (Fsp3) is 0.350. The van der Waals surface area contributed by atoms with Crippen LogP contribution in [-0.2, 0) is 6.54 Å². The molecule has 0 radical (unpaired) electrons. The lowest BCUT2D eigenvalue weighted by molar-refractivity contribution is 0.0624. The number of halogens is 1. The molecule has 1 fully saturated rings. The number of nitrogens with zero attached hydrogens (tertiary/aromatic N) is 2. The van der Waals surface area contributed by atoms with Crippen LogP contribution in [0.2, 0.25) is 5.02 Å². The van der Waals surface area contributed by atoms with Gasteiger partial charge < -0.3 is 9.64 Å². The maximum atomic E-state index is 12.8. The zero-order chi connectivity index (χ0) is 17.6. The molecular formula is C20H23ClN2O2. The van der Waals surface area contributed by atoms with E-state index in [4.69, 9.17) is 16.3 Å². The van der Waals surface area contributed by atoms with Crippen LogP contribution < -0.4 is 4.74 Å². The quantitative estimate of drug-likeness (QED) is 0.817. The molecule has 0 aliphatic carbocycles. The Morgan fingerprint density at radius 2 is 1.72 bits per heavy atom. The van der Waals surface area contributed by atoms with Crippen molar-refractivity contribution in [2.75, 3.05) is 32.8 Å². The molecule has 1 saturated heterocycles. The molecular weight excluding hydrogens is 336 g/mol. The second-order valence-corrected chi connectivity index (χ2v) is 6.50. The van der Waals surface area contributed by atoms with Crippen molar-refractivity contribution in [1.29, 1.82) is 0 Å². The summed E-state index contributed by atoms with van der Waals surface area (Å²) in [5.74, 6) is 0.704. The molecule has 0 bridgehead atoms. The van der Waals surface area contributed by atoms with Crippen LogP contribution in [0.5, 0.6) is 5.75 Å². The smallest absolute Gasteiger partial charge is 0.257 e. The first-order valence-corrected chi connectivity index (χ1v) is 9.03. The van der Waals surface area contributed by atoms with Gasteiger partial charge in [-0.25, -0.2) is 0 Å². The van der Waals surface area contributed by atoms with Crippen molar-refractivity contribution in [3.63, 3.8) is 0 Å². The summed E-state index contributed by atoms with van der Waals surface area (Å²) in [6, 6.07) is 15.4. The molecule has 2 aromatic rings. The topological polar surface area (TPSA) is 32.8 Å². The first kappa shape index (κ1) is 17.8. The summed E-state index contributed by atoms with van der Waals surface area (Å²) in [7, 11) is 0. The predicted octanol–water partition coefficient (Wildman–Crippen LogP) is 3.70. The molecule has 3 rings (SSSR count). The van der Waals surface area contributed by atoms with E-state index in [1.54, 1.807) is 0 Å². The molecule has 5 heteroatoms. The van der Waals surface area contributed by atoms with Crippen LogP contribution in [0.15, 0.2) is 48.5 Å². The van der Waals surface area contributed by atoms with Gasteiger partial charge in [-0.1, -0.05) is 41.9 Å². The number of ether oxygens (including phenoxy) is 1. The normalized spacial score (nSPS) is 15.2. The summed E-state index contributed by atoms with van der Waals surface area (Å²) < 4.78 is 5.59. The van der Waals surface area contributed by atoms with Crippen molar-refractivity contribution in [3.8, 4) is 5.75 Å². The number of carbonyl (C=O) groups excluding carboxylic acids is 1. The predicted molar refractivity (Wildman–Crippen MR) is 100 cm³/mol. The second-order valence-electron chi connectivity index (χ2n) is 6.09. The molecule has 2 aromatic carbocycles. The van der Waals surface area contributed by atoms with E-state index < -0.39 is 0 Å². The lowest BCUT2D eigenvalue weighted by Gasteiger charge is -2.35. The number of piperazine rings is 1. The van der Waals surface area contributed by atoms with Gasteiger partial charge in [0.15, 0.2) is 0 Å². The third kappa shape index (κ3) is 4.33. The lowest BCUT2D eigenvalue weighted by atomic mass is 10.1. The molecule has 0 N–H and O–H groups in total. The summed E-state index contributed by atoms with van der Waals surface area (Å²) >= 11 is 6.24. The summed E-state index contributed by atoms with van der Waals surface area (Å²) in [5.41, 5.74) is 1.77. The van der Waals surface area contributed by atoms with Crippen LogP contribution in [-0.4, -0.2) is 48.5 Å². The van der Waals surface area contributed by atoms with Gasteiger partial charge in [-0.2, -0.15) is 0 Å². The van der Waals surface area contributed by atoms with Gasteiger partial charge in [0.25, 0.3) is 5.91 Å². The maximum Gasteiger partial charge on any atom is 0.257 e. The van der Waals surface area contributed by atoms with E-state index in [1.807, 2.05) is 54.3 Å². The van der Waals surface area contributed by atoms with Crippen LogP contribution in [0.25, 0.3) is 0 Å². The highest BCUT2D eigenvalue weighted by Gasteiger charge is 2.24. The van der Waals surface area contributed by atoms with Crippen LogP contribution in [0.1, 0.15) is 22.8 Å². The number of hydrogen-bond donors (Lipinski definition) is 0. The molecule has 1 aliphatic rings. The highest BCUT2D eigenvalue weighted by molar-refractivity contribution is 6.31. The molecule has 4 nitrogen and oxygen atoms in total. The highest BCUT2D eigenvalue weighted by atomic mass is 35.5. The lowest BCUT2D eigenvalue weighted by Crippen LogP contribution is -2.48. The Kier molecular flexibility index (Phi) is 5.95. The Bertz CT molecular complexity index is 727. The molecule has 0 saturated carbocycles. The Morgan fingerprint density at radius 1 is 1.04 bits per heavy atom. The van der Waals surface area contributed by atoms with Gasteiger partial charge in [0.05, 0.1) is 12.2 Å². The van der Waals surface area contributed by atoms with Crippen LogP contribution in [0.4, 0.5) is 0 Å². The fourth-order valence-corrected chi connectivity index (χ4v) is 3.27. The van der Waals surface area contributed by atoms with Crippen molar-refractivity contribution >= 4 is 17.5 Å². The molecule has 1 heterocycles. The van der Waals surface area contributed by atoms with E-state index in [2.05, 4.69) is 11.0 Å². The number of carbonyl (C=O) groups is 1. The van der Waals surface area contributed by atoms with Gasteiger partial charge in [0.2, 0.25) is 0 Å². The van der Waals surface area contributed by atoms with Crippen molar-refractivity contribution in [1.82, 2.24) is 9.80 Å². The zero-order valence-electron chi connectivity index (χ0n) is 14.5. The second kappa shape index (κ2) is 8.37. The minimum atomic E-state index is 0.0430. The van der Waals surface area contributed by atoms with Gasteiger partial charge in [0, 0.05) is 37.7 Å². The number of amides is 1. The Labute approximate surface area is 154 Å². The van der Waals surface area contributed by atoms with Crippen LogP contribution >= 0.6 is 11.6 Å². The average Bonchev–Trinajstić information content (AvgIpc) is 2.64. The number of benzene rings is 2. The molecule has 0 atom stereocenters.